The zero-order chi connectivity index (χ0) is 13.2. The first kappa shape index (κ1) is 11.4. The van der Waals surface area contributed by atoms with Crippen LogP contribution in [0.2, 0.25) is 0 Å². The van der Waals surface area contributed by atoms with E-state index in [9.17, 15) is 4.79 Å². The molecule has 2 heterocycles. The molecule has 3 aromatic rings. The zero-order valence-corrected chi connectivity index (χ0v) is 10.4. The Kier molecular flexibility index (Phi) is 2.72. The van der Waals surface area contributed by atoms with Crippen molar-refractivity contribution in [2.75, 3.05) is 0 Å². The third kappa shape index (κ3) is 2.06. The molecule has 0 radical (unpaired) electrons. The van der Waals surface area contributed by atoms with Crippen LogP contribution in [0.1, 0.15) is 0 Å². The van der Waals surface area contributed by atoms with E-state index in [2.05, 4.69) is 15.2 Å². The lowest BCUT2D eigenvalue weighted by atomic mass is 10.2. The molecular weight excluding hydrogens is 240 g/mol. The lowest BCUT2D eigenvalue weighted by molar-refractivity contribution is 0.910. The first-order valence-corrected chi connectivity index (χ1v) is 5.89. The molecule has 5 nitrogen and oxygen atoms in total. The van der Waals surface area contributed by atoms with Crippen LogP contribution in [-0.4, -0.2) is 19.7 Å². The predicted molar refractivity (Wildman–Crippen MR) is 72.5 cm³/mol. The number of hydrogen-bond donors (Lipinski definition) is 1. The molecule has 0 saturated carbocycles. The zero-order valence-electron chi connectivity index (χ0n) is 10.4. The van der Waals surface area contributed by atoms with Gasteiger partial charge >= 0.3 is 0 Å². The van der Waals surface area contributed by atoms with E-state index in [1.807, 2.05) is 41.9 Å². The topological polar surface area (TPSA) is 63.6 Å². The van der Waals surface area contributed by atoms with Gasteiger partial charge in [0.15, 0.2) is 0 Å². The van der Waals surface area contributed by atoms with Gasteiger partial charge in [0.2, 0.25) is 0 Å². The quantitative estimate of drug-likeness (QED) is 0.757. The Morgan fingerprint density at radius 1 is 1.11 bits per heavy atom. The van der Waals surface area contributed by atoms with Crippen molar-refractivity contribution < 1.29 is 0 Å². The summed E-state index contributed by atoms with van der Waals surface area (Å²) in [4.78, 5) is 15.4. The van der Waals surface area contributed by atoms with E-state index in [0.29, 0.717) is 5.69 Å². The third-order valence-electron chi connectivity index (χ3n) is 2.96. The SMILES string of the molecule is Cn1c(-c2ccc(=O)[nH]n2)cnc1-c1ccccc1. The Bertz CT molecular complexity index is 738. The van der Waals surface area contributed by atoms with Crippen molar-refractivity contribution in [1.29, 1.82) is 0 Å². The average Bonchev–Trinajstić information content (AvgIpc) is 2.83. The fourth-order valence-corrected chi connectivity index (χ4v) is 1.99. The molecule has 0 aliphatic rings. The Morgan fingerprint density at radius 3 is 2.58 bits per heavy atom. The molecular formula is C14H12N4O. The molecule has 0 aliphatic carbocycles. The van der Waals surface area contributed by atoms with E-state index in [1.165, 1.54) is 6.07 Å². The molecule has 0 aliphatic heterocycles. The van der Waals surface area contributed by atoms with Crippen LogP contribution >= 0.6 is 0 Å². The van der Waals surface area contributed by atoms with Crippen molar-refractivity contribution in [3.05, 3.63) is 59.0 Å². The van der Waals surface area contributed by atoms with Gasteiger partial charge in [-0.05, 0) is 6.07 Å². The number of aromatic nitrogens is 4. The van der Waals surface area contributed by atoms with Crippen LogP contribution in [0, 0.1) is 0 Å². The number of rotatable bonds is 2. The molecule has 0 unspecified atom stereocenters. The molecule has 0 saturated heterocycles. The second-order valence-corrected chi connectivity index (χ2v) is 4.20. The molecule has 0 fully saturated rings. The Hall–Kier alpha value is -2.69. The maximum Gasteiger partial charge on any atom is 0.264 e. The smallest absolute Gasteiger partial charge is 0.264 e. The molecule has 1 aromatic carbocycles. The fraction of sp³-hybridized carbons (Fsp3) is 0.0714. The maximum absolute atomic E-state index is 11.0. The Morgan fingerprint density at radius 2 is 1.89 bits per heavy atom. The number of imidazole rings is 1. The number of aromatic amines is 1. The second-order valence-electron chi connectivity index (χ2n) is 4.20. The fourth-order valence-electron chi connectivity index (χ4n) is 1.99. The van der Waals surface area contributed by atoms with Gasteiger partial charge in [-0.1, -0.05) is 30.3 Å². The largest absolute Gasteiger partial charge is 0.326 e. The summed E-state index contributed by atoms with van der Waals surface area (Å²) in [5.74, 6) is 0.864. The molecule has 3 rings (SSSR count). The molecule has 2 aromatic heterocycles. The maximum atomic E-state index is 11.0. The molecule has 0 spiro atoms. The molecule has 0 bridgehead atoms. The summed E-state index contributed by atoms with van der Waals surface area (Å²) in [7, 11) is 1.93. The Labute approximate surface area is 109 Å². The molecule has 0 amide bonds. The van der Waals surface area contributed by atoms with Crippen LogP contribution in [0.3, 0.4) is 0 Å². The first-order valence-electron chi connectivity index (χ1n) is 5.89. The normalized spacial score (nSPS) is 10.6. The summed E-state index contributed by atoms with van der Waals surface area (Å²) in [6, 6.07) is 13.1. The van der Waals surface area contributed by atoms with Crippen LogP contribution in [0.5, 0.6) is 0 Å². The molecule has 19 heavy (non-hydrogen) atoms. The number of hydrogen-bond acceptors (Lipinski definition) is 3. The number of benzene rings is 1. The van der Waals surface area contributed by atoms with Crippen LogP contribution in [0.15, 0.2) is 53.5 Å². The van der Waals surface area contributed by atoms with Crippen LogP contribution in [0.4, 0.5) is 0 Å². The van der Waals surface area contributed by atoms with E-state index in [-0.39, 0.29) is 5.56 Å². The number of nitrogens with one attached hydrogen (secondary N) is 1. The highest BCUT2D eigenvalue weighted by molar-refractivity contribution is 5.62. The highest BCUT2D eigenvalue weighted by atomic mass is 16.1. The van der Waals surface area contributed by atoms with Gasteiger partial charge in [0, 0.05) is 18.7 Å². The van der Waals surface area contributed by atoms with Gasteiger partial charge in [-0.15, -0.1) is 0 Å². The highest BCUT2D eigenvalue weighted by Gasteiger charge is 2.10. The molecule has 5 heteroatoms. The van der Waals surface area contributed by atoms with Gasteiger partial charge in [0.05, 0.1) is 11.9 Å². The summed E-state index contributed by atoms with van der Waals surface area (Å²) in [6.45, 7) is 0. The second kappa shape index (κ2) is 4.53. The van der Waals surface area contributed by atoms with Gasteiger partial charge in [0.1, 0.15) is 11.5 Å². The van der Waals surface area contributed by atoms with E-state index in [4.69, 9.17) is 0 Å². The van der Waals surface area contributed by atoms with Crippen molar-refractivity contribution in [3.63, 3.8) is 0 Å². The van der Waals surface area contributed by atoms with Crippen molar-refractivity contribution in [1.82, 2.24) is 19.7 Å². The summed E-state index contributed by atoms with van der Waals surface area (Å²) in [5.41, 5.74) is 2.38. The van der Waals surface area contributed by atoms with E-state index in [0.717, 1.165) is 17.1 Å². The van der Waals surface area contributed by atoms with Crippen LogP contribution in [0.25, 0.3) is 22.8 Å². The van der Waals surface area contributed by atoms with Gasteiger partial charge in [-0.25, -0.2) is 10.1 Å². The number of H-pyrrole nitrogens is 1. The summed E-state index contributed by atoms with van der Waals surface area (Å²) < 4.78 is 1.95. The Balaban J connectivity index is 2.09. The predicted octanol–water partition coefficient (Wildman–Crippen LogP) is 1.84. The summed E-state index contributed by atoms with van der Waals surface area (Å²) in [5, 5.41) is 6.45. The third-order valence-corrected chi connectivity index (χ3v) is 2.96. The van der Waals surface area contributed by atoms with Crippen LogP contribution < -0.4 is 5.56 Å². The van der Waals surface area contributed by atoms with Crippen LogP contribution in [-0.2, 0) is 7.05 Å². The van der Waals surface area contributed by atoms with Crippen molar-refractivity contribution >= 4 is 0 Å². The lowest BCUT2D eigenvalue weighted by Crippen LogP contribution is -2.06. The highest BCUT2D eigenvalue weighted by Crippen LogP contribution is 2.23. The summed E-state index contributed by atoms with van der Waals surface area (Å²) >= 11 is 0. The van der Waals surface area contributed by atoms with E-state index >= 15 is 0 Å². The minimum absolute atomic E-state index is 0.214. The minimum Gasteiger partial charge on any atom is -0.326 e. The molecule has 0 atom stereocenters. The molecule has 94 valence electrons. The van der Waals surface area contributed by atoms with Crippen molar-refractivity contribution in [2.24, 2.45) is 7.05 Å². The van der Waals surface area contributed by atoms with Gasteiger partial charge in [-0.3, -0.25) is 4.79 Å². The standard InChI is InChI=1S/C14H12N4O/c1-18-12(11-7-8-13(19)17-16-11)9-15-14(18)10-5-3-2-4-6-10/h2-9H,1H3,(H,17,19). The van der Waals surface area contributed by atoms with Gasteiger partial charge in [0.25, 0.3) is 5.56 Å². The lowest BCUT2D eigenvalue weighted by Gasteiger charge is -2.05. The average molecular weight is 252 g/mol. The molecule has 1 N–H and O–H groups in total. The number of nitrogens with zero attached hydrogens (tertiary/aromatic N) is 3. The van der Waals surface area contributed by atoms with Gasteiger partial charge in [-0.2, -0.15) is 5.10 Å². The van der Waals surface area contributed by atoms with E-state index in [1.54, 1.807) is 12.3 Å². The first-order chi connectivity index (χ1) is 9.25. The monoisotopic (exact) mass is 252 g/mol. The van der Waals surface area contributed by atoms with Crippen molar-refractivity contribution in [3.8, 4) is 22.8 Å². The van der Waals surface area contributed by atoms with Gasteiger partial charge < -0.3 is 4.57 Å². The minimum atomic E-state index is -0.214. The van der Waals surface area contributed by atoms with E-state index < -0.39 is 0 Å². The summed E-state index contributed by atoms with van der Waals surface area (Å²) in [6.07, 6.45) is 1.75. The van der Waals surface area contributed by atoms with Crippen molar-refractivity contribution in [2.45, 2.75) is 0 Å².